The third-order valence-corrected chi connectivity index (χ3v) is 7.69. The van der Waals surface area contributed by atoms with Gasteiger partial charge in [-0.1, -0.05) is 104 Å². The van der Waals surface area contributed by atoms with Crippen LogP contribution in [0.1, 0.15) is 47.3 Å². The van der Waals surface area contributed by atoms with Crippen molar-refractivity contribution in [3.63, 3.8) is 0 Å². The van der Waals surface area contributed by atoms with Crippen molar-refractivity contribution in [2.45, 2.75) is 39.2 Å². The van der Waals surface area contributed by atoms with Gasteiger partial charge in [0.05, 0.1) is 18.8 Å². The van der Waals surface area contributed by atoms with Crippen LogP contribution in [0.3, 0.4) is 0 Å². The van der Waals surface area contributed by atoms with Crippen LogP contribution in [0.2, 0.25) is 0 Å². The van der Waals surface area contributed by atoms with E-state index in [1.54, 1.807) is 12.2 Å². The normalized spacial score (nSPS) is 16.5. The molecular weight excluding hydrogens is 485 g/mol. The summed E-state index contributed by atoms with van der Waals surface area (Å²) in [5.41, 5.74) is 6.04. The number of rotatable bonds is 10. The molecule has 1 saturated heterocycles. The third-order valence-electron chi connectivity index (χ3n) is 7.69. The third kappa shape index (κ3) is 6.89. The van der Waals surface area contributed by atoms with Crippen LogP contribution < -0.4 is 0 Å². The monoisotopic (exact) mass is 523 g/mol. The molecule has 0 bridgehead atoms. The second-order valence-electron chi connectivity index (χ2n) is 10.3. The maximum Gasteiger partial charge on any atom is 0.182 e. The smallest absolute Gasteiger partial charge is 0.182 e. The maximum atomic E-state index is 15.0. The quantitative estimate of drug-likeness (QED) is 0.199. The number of carbonyl (C=O) groups is 1. The second kappa shape index (κ2) is 13.0. The number of morpholine rings is 1. The summed E-state index contributed by atoms with van der Waals surface area (Å²) in [6, 6.07) is 23.8. The topological polar surface area (TPSA) is 29.5 Å². The first-order valence-electron chi connectivity index (χ1n) is 13.7. The van der Waals surface area contributed by atoms with Crippen LogP contribution in [0.5, 0.6) is 0 Å². The standard InChI is InChI=1S/C35H38FNO2/c1-5-7-32(30-12-8-26(3)9-13-30)25-33(36)24-27-10-14-28(15-11-27)29-16-18-31(19-17-29)34(38)35(4,6-2)37-20-22-39-23-21-37/h5,7-19,25H,1,6,20-24H2,2-4H3/b32-7+,33-25+. The van der Waals surface area contributed by atoms with E-state index in [2.05, 4.69) is 18.4 Å². The highest BCUT2D eigenvalue weighted by Gasteiger charge is 2.38. The van der Waals surface area contributed by atoms with Crippen LogP contribution >= 0.6 is 0 Å². The molecule has 3 aromatic rings. The average molecular weight is 524 g/mol. The Kier molecular flexibility index (Phi) is 9.45. The fraction of sp³-hybridized carbons (Fsp3) is 0.286. The molecule has 0 aliphatic carbocycles. The Morgan fingerprint density at radius 3 is 2.08 bits per heavy atom. The van der Waals surface area contributed by atoms with E-state index in [0.29, 0.717) is 13.2 Å². The average Bonchev–Trinajstić information content (AvgIpc) is 2.97. The lowest BCUT2D eigenvalue weighted by molar-refractivity contribution is -0.0106. The van der Waals surface area contributed by atoms with E-state index >= 15 is 0 Å². The SMILES string of the molecule is C=C/C=C(\C=C(\F)Cc1ccc(-c2ccc(C(=O)C(C)(CC)N3CCOCC3)cc2)cc1)c1ccc(C)cc1. The van der Waals surface area contributed by atoms with Crippen LogP contribution in [0, 0.1) is 6.92 Å². The summed E-state index contributed by atoms with van der Waals surface area (Å²) in [4.78, 5) is 15.7. The molecule has 0 radical (unpaired) electrons. The lowest BCUT2D eigenvalue weighted by Gasteiger charge is -2.41. The minimum Gasteiger partial charge on any atom is -0.379 e. The molecule has 0 N–H and O–H groups in total. The van der Waals surface area contributed by atoms with E-state index in [0.717, 1.165) is 58.5 Å². The molecule has 0 amide bonds. The number of halogens is 1. The van der Waals surface area contributed by atoms with Crippen molar-refractivity contribution in [3.8, 4) is 11.1 Å². The van der Waals surface area contributed by atoms with Gasteiger partial charge >= 0.3 is 0 Å². The van der Waals surface area contributed by atoms with E-state index in [-0.39, 0.29) is 18.0 Å². The zero-order chi connectivity index (χ0) is 27.8. The minimum atomic E-state index is -0.537. The molecule has 1 heterocycles. The number of Topliss-reactive ketones (excluding diaryl/α,β-unsaturated/α-hetero) is 1. The molecule has 0 saturated carbocycles. The van der Waals surface area contributed by atoms with Gasteiger partial charge < -0.3 is 4.74 Å². The molecule has 4 rings (SSSR count). The lowest BCUT2D eigenvalue weighted by atomic mass is 9.86. The lowest BCUT2D eigenvalue weighted by Crippen LogP contribution is -2.56. The van der Waals surface area contributed by atoms with E-state index < -0.39 is 5.54 Å². The molecule has 39 heavy (non-hydrogen) atoms. The summed E-state index contributed by atoms with van der Waals surface area (Å²) in [5, 5.41) is 0. The van der Waals surface area contributed by atoms with Gasteiger partial charge in [0.1, 0.15) is 5.83 Å². The van der Waals surface area contributed by atoms with E-state index in [1.807, 2.05) is 92.7 Å². The Morgan fingerprint density at radius 1 is 0.949 bits per heavy atom. The molecule has 1 fully saturated rings. The van der Waals surface area contributed by atoms with Gasteiger partial charge in [-0.05, 0) is 54.2 Å². The summed E-state index contributed by atoms with van der Waals surface area (Å²) in [6.45, 7) is 12.8. The fourth-order valence-electron chi connectivity index (χ4n) is 5.04. The molecule has 4 heteroatoms. The number of hydrogen-bond acceptors (Lipinski definition) is 3. The molecular formula is C35H38FNO2. The first-order chi connectivity index (χ1) is 18.8. The first-order valence-corrected chi connectivity index (χ1v) is 13.7. The molecule has 0 spiro atoms. The molecule has 202 valence electrons. The highest BCUT2D eigenvalue weighted by molar-refractivity contribution is 6.03. The van der Waals surface area contributed by atoms with Crippen LogP contribution in [-0.2, 0) is 11.2 Å². The van der Waals surface area contributed by atoms with Crippen molar-refractivity contribution in [1.82, 2.24) is 4.90 Å². The Balaban J connectivity index is 1.44. The number of allylic oxidation sites excluding steroid dienone is 5. The zero-order valence-corrected chi connectivity index (χ0v) is 23.3. The van der Waals surface area contributed by atoms with Gasteiger partial charge in [0.15, 0.2) is 5.78 Å². The molecule has 1 unspecified atom stereocenters. The molecule has 3 nitrogen and oxygen atoms in total. The van der Waals surface area contributed by atoms with Crippen molar-refractivity contribution in [1.29, 1.82) is 0 Å². The summed E-state index contributed by atoms with van der Waals surface area (Å²) in [5.74, 6) is -0.0647. The van der Waals surface area contributed by atoms with Crippen LogP contribution in [0.25, 0.3) is 16.7 Å². The summed E-state index contributed by atoms with van der Waals surface area (Å²) < 4.78 is 20.5. The molecule has 1 aliphatic rings. The van der Waals surface area contributed by atoms with Crippen molar-refractivity contribution >= 4 is 11.4 Å². The number of benzene rings is 3. The van der Waals surface area contributed by atoms with Gasteiger partial charge in [0, 0.05) is 25.1 Å². The summed E-state index contributed by atoms with van der Waals surface area (Å²) in [7, 11) is 0. The molecule has 0 aromatic heterocycles. The maximum absolute atomic E-state index is 15.0. The van der Waals surface area contributed by atoms with Gasteiger partial charge in [-0.3, -0.25) is 9.69 Å². The molecule has 1 aliphatic heterocycles. The summed E-state index contributed by atoms with van der Waals surface area (Å²) >= 11 is 0. The number of carbonyl (C=O) groups excluding carboxylic acids is 1. The van der Waals surface area contributed by atoms with Crippen LogP contribution in [0.15, 0.2) is 103 Å². The largest absolute Gasteiger partial charge is 0.379 e. The minimum absolute atomic E-state index is 0.145. The fourth-order valence-corrected chi connectivity index (χ4v) is 5.04. The van der Waals surface area contributed by atoms with Crippen molar-refractivity contribution in [2.24, 2.45) is 0 Å². The Morgan fingerprint density at radius 2 is 1.51 bits per heavy atom. The predicted octanol–water partition coefficient (Wildman–Crippen LogP) is 8.01. The van der Waals surface area contributed by atoms with E-state index in [9.17, 15) is 9.18 Å². The first kappa shape index (κ1) is 28.4. The van der Waals surface area contributed by atoms with Crippen molar-refractivity contribution in [3.05, 3.63) is 126 Å². The molecule has 1 atom stereocenters. The number of ketones is 1. The van der Waals surface area contributed by atoms with Gasteiger partial charge in [0.25, 0.3) is 0 Å². The zero-order valence-electron chi connectivity index (χ0n) is 23.3. The van der Waals surface area contributed by atoms with E-state index in [1.165, 1.54) is 0 Å². The van der Waals surface area contributed by atoms with E-state index in [4.69, 9.17) is 4.74 Å². The predicted molar refractivity (Wildman–Crippen MR) is 160 cm³/mol. The van der Waals surface area contributed by atoms with Crippen molar-refractivity contribution in [2.75, 3.05) is 26.3 Å². The van der Waals surface area contributed by atoms with Gasteiger partial charge in [-0.25, -0.2) is 4.39 Å². The van der Waals surface area contributed by atoms with Crippen LogP contribution in [0.4, 0.5) is 4.39 Å². The van der Waals surface area contributed by atoms with Gasteiger partial charge in [0.2, 0.25) is 0 Å². The number of aryl methyl sites for hydroxylation is 1. The van der Waals surface area contributed by atoms with Crippen LogP contribution in [-0.4, -0.2) is 42.5 Å². The Bertz CT molecular complexity index is 1330. The highest BCUT2D eigenvalue weighted by atomic mass is 19.1. The Labute approximate surface area is 232 Å². The van der Waals surface area contributed by atoms with Crippen molar-refractivity contribution < 1.29 is 13.9 Å². The Hall–Kier alpha value is -3.60. The number of hydrogen-bond donors (Lipinski definition) is 0. The van der Waals surface area contributed by atoms with Gasteiger partial charge in [-0.2, -0.15) is 0 Å². The second-order valence-corrected chi connectivity index (χ2v) is 10.3. The molecule has 3 aromatic carbocycles. The highest BCUT2D eigenvalue weighted by Crippen LogP contribution is 2.28. The van der Waals surface area contributed by atoms with Gasteiger partial charge in [-0.15, -0.1) is 0 Å². The number of nitrogens with zero attached hydrogens (tertiary/aromatic N) is 1. The number of ether oxygens (including phenoxy) is 1. The summed E-state index contributed by atoms with van der Waals surface area (Å²) in [6.07, 6.45) is 6.04.